The number of carbonyl (C=O) groups excluding carboxylic acids is 1. The van der Waals surface area contributed by atoms with Gasteiger partial charge in [-0.1, -0.05) is 25.7 Å². The van der Waals surface area contributed by atoms with Crippen molar-refractivity contribution in [2.45, 2.75) is 63.5 Å². The van der Waals surface area contributed by atoms with Gasteiger partial charge in [0.25, 0.3) is 0 Å². The molecule has 3 nitrogen and oxygen atoms in total. The number of amides is 1. The average molecular weight is 211 g/mol. The molecule has 15 heavy (non-hydrogen) atoms. The lowest BCUT2D eigenvalue weighted by molar-refractivity contribution is -0.130. The van der Waals surface area contributed by atoms with E-state index in [4.69, 9.17) is 4.74 Å². The van der Waals surface area contributed by atoms with E-state index in [0.29, 0.717) is 6.04 Å². The summed E-state index contributed by atoms with van der Waals surface area (Å²) in [6.45, 7) is 0.753. The minimum absolute atomic E-state index is 0.124. The van der Waals surface area contributed by atoms with Crippen LogP contribution < -0.4 is 5.32 Å². The highest BCUT2D eigenvalue weighted by molar-refractivity contribution is 5.81. The Morgan fingerprint density at radius 3 is 2.33 bits per heavy atom. The maximum atomic E-state index is 11.8. The van der Waals surface area contributed by atoms with E-state index in [0.717, 1.165) is 32.3 Å². The molecule has 2 rings (SSSR count). The Balaban J connectivity index is 1.76. The molecular formula is C12H21NO2. The molecule has 1 atom stereocenters. The molecule has 0 aromatic carbocycles. The first-order valence-electron chi connectivity index (χ1n) is 6.28. The maximum Gasteiger partial charge on any atom is 0.249 e. The van der Waals surface area contributed by atoms with Crippen molar-refractivity contribution in [3.05, 3.63) is 0 Å². The monoisotopic (exact) mass is 211 g/mol. The third kappa shape index (κ3) is 3.20. The van der Waals surface area contributed by atoms with Crippen LogP contribution in [0.5, 0.6) is 0 Å². The molecule has 1 saturated heterocycles. The largest absolute Gasteiger partial charge is 0.368 e. The van der Waals surface area contributed by atoms with Crippen LogP contribution in [0, 0.1) is 0 Å². The van der Waals surface area contributed by atoms with E-state index in [-0.39, 0.29) is 12.0 Å². The fourth-order valence-corrected chi connectivity index (χ4v) is 2.50. The Kier molecular flexibility index (Phi) is 4.01. The normalized spacial score (nSPS) is 28.7. The summed E-state index contributed by atoms with van der Waals surface area (Å²) in [5.41, 5.74) is 0. The van der Waals surface area contributed by atoms with Crippen molar-refractivity contribution in [2.24, 2.45) is 0 Å². The van der Waals surface area contributed by atoms with Gasteiger partial charge in [-0.2, -0.15) is 0 Å². The number of hydrogen-bond acceptors (Lipinski definition) is 2. The molecular weight excluding hydrogens is 190 g/mol. The molecule has 1 amide bonds. The fourth-order valence-electron chi connectivity index (χ4n) is 2.50. The van der Waals surface area contributed by atoms with Gasteiger partial charge in [-0.25, -0.2) is 0 Å². The molecule has 0 radical (unpaired) electrons. The highest BCUT2D eigenvalue weighted by Gasteiger charge is 2.25. The van der Waals surface area contributed by atoms with Crippen LogP contribution in [0.3, 0.4) is 0 Å². The molecule has 1 aliphatic heterocycles. The Morgan fingerprint density at radius 1 is 1.00 bits per heavy atom. The molecule has 1 aliphatic carbocycles. The summed E-state index contributed by atoms with van der Waals surface area (Å²) in [7, 11) is 0. The van der Waals surface area contributed by atoms with E-state index in [2.05, 4.69) is 5.32 Å². The van der Waals surface area contributed by atoms with Crippen molar-refractivity contribution >= 4 is 5.91 Å². The number of nitrogens with one attached hydrogen (secondary N) is 1. The molecule has 3 heteroatoms. The molecule has 0 bridgehead atoms. The quantitative estimate of drug-likeness (QED) is 0.709. The van der Waals surface area contributed by atoms with Gasteiger partial charge in [0.05, 0.1) is 0 Å². The summed E-state index contributed by atoms with van der Waals surface area (Å²) in [4.78, 5) is 11.8. The summed E-state index contributed by atoms with van der Waals surface area (Å²) in [6, 6.07) is 0.407. The molecule has 1 heterocycles. The molecule has 0 aromatic heterocycles. The lowest BCUT2D eigenvalue weighted by atomic mass is 10.1. The van der Waals surface area contributed by atoms with Crippen LogP contribution in [-0.4, -0.2) is 24.7 Å². The van der Waals surface area contributed by atoms with Crippen LogP contribution in [-0.2, 0) is 9.53 Å². The fraction of sp³-hybridized carbons (Fsp3) is 0.917. The van der Waals surface area contributed by atoms with Crippen LogP contribution in [0.2, 0.25) is 0 Å². The predicted molar refractivity (Wildman–Crippen MR) is 58.6 cm³/mol. The third-order valence-electron chi connectivity index (χ3n) is 3.42. The van der Waals surface area contributed by atoms with E-state index in [9.17, 15) is 4.79 Å². The predicted octanol–water partition coefficient (Wildman–Crippen LogP) is 2.00. The van der Waals surface area contributed by atoms with Gasteiger partial charge in [0, 0.05) is 12.6 Å². The number of carbonyl (C=O) groups is 1. The lowest BCUT2D eigenvalue weighted by Gasteiger charge is -2.18. The van der Waals surface area contributed by atoms with E-state index < -0.39 is 0 Å². The highest BCUT2D eigenvalue weighted by atomic mass is 16.5. The minimum Gasteiger partial charge on any atom is -0.368 e. The van der Waals surface area contributed by atoms with E-state index in [1.165, 1.54) is 25.7 Å². The molecule has 0 spiro atoms. The van der Waals surface area contributed by atoms with Gasteiger partial charge < -0.3 is 10.1 Å². The third-order valence-corrected chi connectivity index (χ3v) is 3.42. The molecule has 0 aromatic rings. The highest BCUT2D eigenvalue weighted by Crippen LogP contribution is 2.18. The molecule has 1 saturated carbocycles. The molecule has 2 aliphatic rings. The Labute approximate surface area is 91.6 Å². The topological polar surface area (TPSA) is 38.3 Å². The van der Waals surface area contributed by atoms with Crippen molar-refractivity contribution in [2.75, 3.05) is 6.61 Å². The van der Waals surface area contributed by atoms with Crippen molar-refractivity contribution in [3.8, 4) is 0 Å². The second-order valence-electron chi connectivity index (χ2n) is 4.70. The van der Waals surface area contributed by atoms with E-state index in [1.54, 1.807) is 0 Å². The van der Waals surface area contributed by atoms with Gasteiger partial charge in [0.15, 0.2) is 0 Å². The molecule has 1 N–H and O–H groups in total. The Bertz CT molecular complexity index is 204. The van der Waals surface area contributed by atoms with Gasteiger partial charge in [-0.15, -0.1) is 0 Å². The van der Waals surface area contributed by atoms with Crippen LogP contribution in [0.1, 0.15) is 51.4 Å². The number of ether oxygens (including phenoxy) is 1. The molecule has 1 unspecified atom stereocenters. The van der Waals surface area contributed by atoms with Crippen LogP contribution in [0.25, 0.3) is 0 Å². The zero-order valence-corrected chi connectivity index (χ0v) is 9.34. The van der Waals surface area contributed by atoms with Gasteiger partial charge >= 0.3 is 0 Å². The first-order valence-corrected chi connectivity index (χ1v) is 6.28. The van der Waals surface area contributed by atoms with Gasteiger partial charge in [0.2, 0.25) is 5.91 Å². The summed E-state index contributed by atoms with van der Waals surface area (Å²) < 4.78 is 5.38. The minimum atomic E-state index is -0.159. The van der Waals surface area contributed by atoms with Crippen molar-refractivity contribution in [1.82, 2.24) is 5.32 Å². The molecule has 86 valence electrons. The number of rotatable bonds is 2. The Morgan fingerprint density at radius 2 is 1.73 bits per heavy atom. The maximum absolute atomic E-state index is 11.8. The lowest BCUT2D eigenvalue weighted by Crippen LogP contribution is -2.40. The zero-order valence-electron chi connectivity index (χ0n) is 9.34. The van der Waals surface area contributed by atoms with E-state index >= 15 is 0 Å². The van der Waals surface area contributed by atoms with Gasteiger partial charge in [-0.3, -0.25) is 4.79 Å². The van der Waals surface area contributed by atoms with Crippen LogP contribution in [0.15, 0.2) is 0 Å². The van der Waals surface area contributed by atoms with Crippen molar-refractivity contribution < 1.29 is 9.53 Å². The van der Waals surface area contributed by atoms with Gasteiger partial charge in [0.1, 0.15) is 6.10 Å². The first-order chi connectivity index (χ1) is 7.36. The van der Waals surface area contributed by atoms with Crippen LogP contribution in [0.4, 0.5) is 0 Å². The summed E-state index contributed by atoms with van der Waals surface area (Å²) in [5, 5.41) is 3.14. The average Bonchev–Trinajstić information content (AvgIpc) is 2.65. The zero-order chi connectivity index (χ0) is 10.5. The van der Waals surface area contributed by atoms with Crippen LogP contribution >= 0.6 is 0 Å². The second-order valence-corrected chi connectivity index (χ2v) is 4.70. The van der Waals surface area contributed by atoms with Crippen molar-refractivity contribution in [1.29, 1.82) is 0 Å². The molecule has 2 fully saturated rings. The number of hydrogen-bond donors (Lipinski definition) is 1. The summed E-state index contributed by atoms with van der Waals surface area (Å²) in [6.07, 6.45) is 9.25. The SMILES string of the molecule is O=C(NC1CCCCCC1)C1CCCO1. The van der Waals surface area contributed by atoms with Gasteiger partial charge in [-0.05, 0) is 25.7 Å². The van der Waals surface area contributed by atoms with E-state index in [1.807, 2.05) is 0 Å². The first kappa shape index (κ1) is 10.9. The standard InChI is InChI=1S/C12H21NO2/c14-12(11-8-5-9-15-11)13-10-6-3-1-2-4-7-10/h10-11H,1-9H2,(H,13,14). The Hall–Kier alpha value is -0.570. The second kappa shape index (κ2) is 5.50. The smallest absolute Gasteiger partial charge is 0.249 e. The summed E-state index contributed by atoms with van der Waals surface area (Å²) in [5.74, 6) is 0.124. The van der Waals surface area contributed by atoms with Crippen molar-refractivity contribution in [3.63, 3.8) is 0 Å². The summed E-state index contributed by atoms with van der Waals surface area (Å²) >= 11 is 0.